The largest absolute Gasteiger partial charge is 0.337 e. The number of carbonyl (C=O) groups is 1. The molecule has 0 radical (unpaired) electrons. The normalized spacial score (nSPS) is 10.0. The zero-order chi connectivity index (χ0) is 19.2. The highest BCUT2D eigenvalue weighted by Crippen LogP contribution is 2.21. The molecule has 2 N–H and O–H groups in total. The van der Waals surface area contributed by atoms with Crippen LogP contribution >= 0.6 is 24.8 Å². The third kappa shape index (κ3) is 5.82. The summed E-state index contributed by atoms with van der Waals surface area (Å²) < 4.78 is 2.02. The Bertz CT molecular complexity index is 898. The third-order valence-corrected chi connectivity index (χ3v) is 4.74. The fourth-order valence-electron chi connectivity index (χ4n) is 3.37. The number of aromatic nitrogens is 2. The number of hydrogen-bond donors (Lipinski definition) is 1. The molecule has 0 unspecified atom stereocenters. The quantitative estimate of drug-likeness (QED) is 0.611. The molecular weight excluding hydrogens is 407 g/mol. The van der Waals surface area contributed by atoms with E-state index >= 15 is 0 Å². The van der Waals surface area contributed by atoms with Crippen LogP contribution in [0, 0.1) is 13.8 Å². The topological polar surface area (TPSA) is 64.2 Å². The first-order valence-electron chi connectivity index (χ1n) is 9.25. The lowest BCUT2D eigenvalue weighted by Gasteiger charge is -2.22. The number of aryl methyl sites for hydroxylation is 1. The molecule has 0 aliphatic carbocycles. The highest BCUT2D eigenvalue weighted by Gasteiger charge is 2.21. The van der Waals surface area contributed by atoms with Crippen LogP contribution in [0.2, 0.25) is 0 Å². The van der Waals surface area contributed by atoms with E-state index in [1.54, 1.807) is 6.20 Å². The number of nitrogens with zero attached hydrogens (tertiary/aromatic N) is 3. The van der Waals surface area contributed by atoms with E-state index in [4.69, 9.17) is 5.73 Å². The first-order chi connectivity index (χ1) is 13.1. The maximum Gasteiger partial charge on any atom is 0.255 e. The monoisotopic (exact) mass is 434 g/mol. The van der Waals surface area contributed by atoms with Crippen molar-refractivity contribution in [1.29, 1.82) is 0 Å². The standard InChI is InChI=1S/C22H26N4O.2ClH/c1-17-16-20(18(2)26(17)21-10-6-7-13-24-21)22(27)25(15-12-23)14-11-19-8-4-3-5-9-19;;/h3-10,13,16H,11-12,14-15,23H2,1-2H3;2*1H. The van der Waals surface area contributed by atoms with Crippen molar-refractivity contribution in [3.05, 3.63) is 83.3 Å². The Kier molecular flexibility index (Phi) is 9.89. The van der Waals surface area contributed by atoms with Crippen molar-refractivity contribution in [2.45, 2.75) is 20.3 Å². The molecule has 0 spiro atoms. The van der Waals surface area contributed by atoms with Crippen LogP contribution in [-0.4, -0.2) is 40.0 Å². The van der Waals surface area contributed by atoms with E-state index in [1.807, 2.05) is 65.8 Å². The first-order valence-corrected chi connectivity index (χ1v) is 9.25. The molecule has 2 aromatic heterocycles. The molecule has 7 heteroatoms. The minimum absolute atomic E-state index is 0. The summed E-state index contributed by atoms with van der Waals surface area (Å²) in [6, 6.07) is 17.9. The molecule has 0 atom stereocenters. The summed E-state index contributed by atoms with van der Waals surface area (Å²) in [5.74, 6) is 0.841. The molecule has 0 bridgehead atoms. The van der Waals surface area contributed by atoms with Crippen LogP contribution in [0.25, 0.3) is 5.82 Å². The zero-order valence-corrected chi connectivity index (χ0v) is 18.4. The molecule has 3 rings (SSSR count). The van der Waals surface area contributed by atoms with Gasteiger partial charge in [0, 0.05) is 37.2 Å². The summed E-state index contributed by atoms with van der Waals surface area (Å²) in [4.78, 5) is 19.5. The maximum absolute atomic E-state index is 13.2. The lowest BCUT2D eigenvalue weighted by Crippen LogP contribution is -2.37. The first kappa shape index (κ1) is 24.7. The Labute approximate surface area is 184 Å². The van der Waals surface area contributed by atoms with E-state index in [1.165, 1.54) is 5.56 Å². The second-order valence-corrected chi connectivity index (χ2v) is 6.62. The molecule has 156 valence electrons. The molecule has 0 aliphatic rings. The van der Waals surface area contributed by atoms with Crippen molar-refractivity contribution in [2.75, 3.05) is 19.6 Å². The van der Waals surface area contributed by atoms with Crippen LogP contribution in [-0.2, 0) is 6.42 Å². The van der Waals surface area contributed by atoms with E-state index in [0.29, 0.717) is 25.2 Å². The lowest BCUT2D eigenvalue weighted by molar-refractivity contribution is 0.0761. The summed E-state index contributed by atoms with van der Waals surface area (Å²) in [6.45, 7) is 5.59. The zero-order valence-electron chi connectivity index (χ0n) is 16.7. The van der Waals surface area contributed by atoms with Gasteiger partial charge in [-0.1, -0.05) is 36.4 Å². The van der Waals surface area contributed by atoms with Gasteiger partial charge in [0.15, 0.2) is 0 Å². The van der Waals surface area contributed by atoms with E-state index in [2.05, 4.69) is 17.1 Å². The molecule has 0 saturated heterocycles. The number of pyridine rings is 1. The summed E-state index contributed by atoms with van der Waals surface area (Å²) in [7, 11) is 0. The van der Waals surface area contributed by atoms with E-state index in [9.17, 15) is 4.79 Å². The molecule has 2 heterocycles. The van der Waals surface area contributed by atoms with Gasteiger partial charge in [-0.25, -0.2) is 4.98 Å². The summed E-state index contributed by atoms with van der Waals surface area (Å²) in [6.07, 6.45) is 2.57. The Morgan fingerprint density at radius 3 is 2.34 bits per heavy atom. The number of hydrogen-bond acceptors (Lipinski definition) is 3. The second-order valence-electron chi connectivity index (χ2n) is 6.62. The Balaban J connectivity index is 0.00000210. The predicted molar refractivity (Wildman–Crippen MR) is 123 cm³/mol. The van der Waals surface area contributed by atoms with Gasteiger partial charge in [0.05, 0.1) is 5.56 Å². The van der Waals surface area contributed by atoms with Crippen molar-refractivity contribution in [3.8, 4) is 5.82 Å². The van der Waals surface area contributed by atoms with Crippen LogP contribution in [0.5, 0.6) is 0 Å². The van der Waals surface area contributed by atoms with Gasteiger partial charge in [0.1, 0.15) is 5.82 Å². The van der Waals surface area contributed by atoms with Crippen LogP contribution < -0.4 is 5.73 Å². The van der Waals surface area contributed by atoms with Crippen molar-refractivity contribution >= 4 is 30.7 Å². The molecule has 3 aromatic rings. The minimum Gasteiger partial charge on any atom is -0.337 e. The Morgan fingerprint density at radius 2 is 1.72 bits per heavy atom. The molecular formula is C22H28Cl2N4O. The molecule has 0 aliphatic heterocycles. The van der Waals surface area contributed by atoms with Gasteiger partial charge in [-0.3, -0.25) is 4.79 Å². The van der Waals surface area contributed by atoms with Crippen molar-refractivity contribution in [3.63, 3.8) is 0 Å². The fourth-order valence-corrected chi connectivity index (χ4v) is 3.37. The van der Waals surface area contributed by atoms with Gasteiger partial charge < -0.3 is 15.2 Å². The van der Waals surface area contributed by atoms with Crippen LogP contribution in [0.4, 0.5) is 0 Å². The van der Waals surface area contributed by atoms with E-state index in [0.717, 1.165) is 23.6 Å². The number of benzene rings is 1. The van der Waals surface area contributed by atoms with Crippen LogP contribution in [0.15, 0.2) is 60.8 Å². The average Bonchev–Trinajstić information content (AvgIpc) is 3.00. The molecule has 1 aromatic carbocycles. The Hall–Kier alpha value is -2.34. The predicted octanol–water partition coefficient (Wildman–Crippen LogP) is 3.98. The van der Waals surface area contributed by atoms with Crippen LogP contribution in [0.3, 0.4) is 0 Å². The second kappa shape index (κ2) is 11.6. The number of halogens is 2. The van der Waals surface area contributed by atoms with Crippen molar-refractivity contribution in [1.82, 2.24) is 14.5 Å². The minimum atomic E-state index is 0. The van der Waals surface area contributed by atoms with Gasteiger partial charge in [-0.15, -0.1) is 24.8 Å². The molecule has 0 fully saturated rings. The number of carbonyl (C=O) groups excluding carboxylic acids is 1. The fraction of sp³-hybridized carbons (Fsp3) is 0.273. The van der Waals surface area contributed by atoms with E-state index in [-0.39, 0.29) is 30.7 Å². The number of nitrogens with two attached hydrogens (primary N) is 1. The van der Waals surface area contributed by atoms with E-state index < -0.39 is 0 Å². The highest BCUT2D eigenvalue weighted by molar-refractivity contribution is 5.96. The maximum atomic E-state index is 13.2. The van der Waals surface area contributed by atoms with Gasteiger partial charge >= 0.3 is 0 Å². The summed E-state index contributed by atoms with van der Waals surface area (Å²) in [5.41, 5.74) is 9.58. The molecule has 29 heavy (non-hydrogen) atoms. The SMILES string of the molecule is Cc1cc(C(=O)N(CCN)CCc2ccccc2)c(C)n1-c1ccccn1.Cl.Cl. The summed E-state index contributed by atoms with van der Waals surface area (Å²) in [5, 5.41) is 0. The summed E-state index contributed by atoms with van der Waals surface area (Å²) >= 11 is 0. The van der Waals surface area contributed by atoms with Gasteiger partial charge in [-0.2, -0.15) is 0 Å². The molecule has 5 nitrogen and oxygen atoms in total. The third-order valence-electron chi connectivity index (χ3n) is 4.74. The highest BCUT2D eigenvalue weighted by atomic mass is 35.5. The molecule has 1 amide bonds. The Morgan fingerprint density at radius 1 is 1.03 bits per heavy atom. The smallest absolute Gasteiger partial charge is 0.255 e. The average molecular weight is 435 g/mol. The van der Waals surface area contributed by atoms with Crippen molar-refractivity contribution < 1.29 is 4.79 Å². The number of rotatable bonds is 7. The van der Waals surface area contributed by atoms with Crippen LogP contribution in [0.1, 0.15) is 27.3 Å². The van der Waals surface area contributed by atoms with Crippen molar-refractivity contribution in [2.24, 2.45) is 5.73 Å². The lowest BCUT2D eigenvalue weighted by atomic mass is 10.1. The number of amides is 1. The van der Waals surface area contributed by atoms with Gasteiger partial charge in [-0.05, 0) is 44.0 Å². The van der Waals surface area contributed by atoms with Gasteiger partial charge in [0.25, 0.3) is 5.91 Å². The molecule has 0 saturated carbocycles. The van der Waals surface area contributed by atoms with Gasteiger partial charge in [0.2, 0.25) is 0 Å².